The Balaban J connectivity index is 1.25. The number of aryl methyl sites for hydroxylation is 1. The summed E-state index contributed by atoms with van der Waals surface area (Å²) in [5, 5.41) is 10.6. The monoisotopic (exact) mass is 408 g/mol. The first-order valence-corrected chi connectivity index (χ1v) is 10.2. The molecule has 4 heterocycles. The maximum atomic E-state index is 13.0. The number of hydrogen-bond acceptors (Lipinski definition) is 6. The average molecular weight is 408 g/mol. The molecule has 8 nitrogen and oxygen atoms in total. The minimum atomic E-state index is -0.0746. The third-order valence-electron chi connectivity index (χ3n) is 5.42. The number of ether oxygens (including phenoxy) is 2. The van der Waals surface area contributed by atoms with E-state index in [1.807, 2.05) is 42.2 Å². The van der Waals surface area contributed by atoms with Crippen molar-refractivity contribution in [2.75, 3.05) is 31.6 Å². The highest BCUT2D eigenvalue weighted by atomic mass is 16.6. The number of nitrogens with one attached hydrogen (secondary N) is 2. The van der Waals surface area contributed by atoms with Crippen LogP contribution in [0.5, 0.6) is 11.5 Å². The van der Waals surface area contributed by atoms with Crippen LogP contribution in [0.15, 0.2) is 40.8 Å². The molecule has 2 aliphatic rings. The van der Waals surface area contributed by atoms with E-state index >= 15 is 0 Å². The number of H-pyrrole nitrogens is 1. The van der Waals surface area contributed by atoms with Gasteiger partial charge in [-0.3, -0.25) is 9.89 Å². The summed E-state index contributed by atoms with van der Waals surface area (Å²) >= 11 is 0. The quantitative estimate of drug-likeness (QED) is 0.687. The normalized spacial score (nSPS) is 18.3. The van der Waals surface area contributed by atoms with Gasteiger partial charge in [0, 0.05) is 37.0 Å². The molecule has 0 aliphatic carbocycles. The van der Waals surface area contributed by atoms with Gasteiger partial charge in [0.1, 0.15) is 24.7 Å². The minimum Gasteiger partial charge on any atom is -0.486 e. The largest absolute Gasteiger partial charge is 0.486 e. The summed E-state index contributed by atoms with van der Waals surface area (Å²) in [7, 11) is 0. The van der Waals surface area contributed by atoms with E-state index in [9.17, 15) is 4.79 Å². The number of fused-ring (bicyclic) bond motifs is 1. The predicted octanol–water partition coefficient (Wildman–Crippen LogP) is 3.47. The molecule has 0 bridgehead atoms. The molecule has 1 aromatic carbocycles. The van der Waals surface area contributed by atoms with Crippen molar-refractivity contribution >= 4 is 11.6 Å². The Kier molecular flexibility index (Phi) is 4.82. The summed E-state index contributed by atoms with van der Waals surface area (Å²) in [4.78, 5) is 14.8. The lowest BCUT2D eigenvalue weighted by atomic mass is 10.0. The number of hydrogen-bond donors (Lipinski definition) is 2. The second-order valence-corrected chi connectivity index (χ2v) is 7.67. The van der Waals surface area contributed by atoms with Crippen molar-refractivity contribution in [2.45, 2.75) is 25.8 Å². The van der Waals surface area contributed by atoms with Crippen LogP contribution in [-0.4, -0.2) is 53.3 Å². The molecule has 2 N–H and O–H groups in total. The van der Waals surface area contributed by atoms with Crippen molar-refractivity contribution < 1.29 is 18.7 Å². The molecule has 1 atom stereocenters. The van der Waals surface area contributed by atoms with E-state index in [0.29, 0.717) is 36.9 Å². The summed E-state index contributed by atoms with van der Waals surface area (Å²) in [5.41, 5.74) is 2.07. The summed E-state index contributed by atoms with van der Waals surface area (Å²) in [6, 6.07) is 11.5. The molecule has 3 aromatic rings. The fourth-order valence-electron chi connectivity index (χ4n) is 3.95. The highest BCUT2D eigenvalue weighted by molar-refractivity contribution is 5.93. The Hall–Kier alpha value is -3.42. The van der Waals surface area contributed by atoms with Crippen LogP contribution in [-0.2, 0) is 0 Å². The highest BCUT2D eigenvalue weighted by Gasteiger charge is 2.26. The van der Waals surface area contributed by atoms with Crippen LogP contribution in [0.2, 0.25) is 0 Å². The standard InChI is InChI=1S/C22H24N4O4/c1-14-4-6-19(30-14)17-12-18(25-24-17)22(27)26-8-2-3-16(13-26)23-15-5-7-20-21(11-15)29-10-9-28-20/h4-7,11-12,16,23H,2-3,8-10,13H2,1H3,(H,24,25)/t16-/m1/s1. The van der Waals surface area contributed by atoms with Crippen LogP contribution in [0.1, 0.15) is 29.1 Å². The van der Waals surface area contributed by atoms with Gasteiger partial charge in [0.15, 0.2) is 23.0 Å². The zero-order valence-electron chi connectivity index (χ0n) is 16.8. The van der Waals surface area contributed by atoms with Crippen molar-refractivity contribution in [2.24, 2.45) is 0 Å². The molecule has 0 unspecified atom stereocenters. The van der Waals surface area contributed by atoms with Crippen molar-refractivity contribution in [1.29, 1.82) is 0 Å². The zero-order valence-corrected chi connectivity index (χ0v) is 16.8. The first-order chi connectivity index (χ1) is 14.7. The van der Waals surface area contributed by atoms with Crippen LogP contribution in [0.25, 0.3) is 11.5 Å². The average Bonchev–Trinajstić information content (AvgIpc) is 3.42. The van der Waals surface area contributed by atoms with E-state index in [1.54, 1.807) is 6.07 Å². The Morgan fingerprint density at radius 2 is 2.03 bits per heavy atom. The molecule has 8 heteroatoms. The molecule has 0 radical (unpaired) electrons. The van der Waals surface area contributed by atoms with Crippen molar-refractivity contribution in [3.8, 4) is 23.0 Å². The molecular formula is C22H24N4O4. The molecule has 0 spiro atoms. The topological polar surface area (TPSA) is 92.6 Å². The number of nitrogens with zero attached hydrogens (tertiary/aromatic N) is 2. The summed E-state index contributed by atoms with van der Waals surface area (Å²) < 4.78 is 16.8. The number of carbonyl (C=O) groups excluding carboxylic acids is 1. The molecule has 156 valence electrons. The maximum absolute atomic E-state index is 13.0. The minimum absolute atomic E-state index is 0.0746. The van der Waals surface area contributed by atoms with Crippen LogP contribution < -0.4 is 14.8 Å². The lowest BCUT2D eigenvalue weighted by molar-refractivity contribution is 0.0709. The van der Waals surface area contributed by atoms with Crippen molar-refractivity contribution in [1.82, 2.24) is 15.1 Å². The van der Waals surface area contributed by atoms with E-state index in [2.05, 4.69) is 15.5 Å². The van der Waals surface area contributed by atoms with Crippen LogP contribution in [0.3, 0.4) is 0 Å². The zero-order chi connectivity index (χ0) is 20.5. The molecule has 1 fully saturated rings. The second-order valence-electron chi connectivity index (χ2n) is 7.67. The maximum Gasteiger partial charge on any atom is 0.274 e. The number of aromatic amines is 1. The number of furan rings is 1. The van der Waals surface area contributed by atoms with E-state index < -0.39 is 0 Å². The van der Waals surface area contributed by atoms with Crippen molar-refractivity contribution in [3.63, 3.8) is 0 Å². The number of piperidine rings is 1. The van der Waals surface area contributed by atoms with Gasteiger partial charge in [-0.2, -0.15) is 5.10 Å². The summed E-state index contributed by atoms with van der Waals surface area (Å²) in [5.74, 6) is 2.95. The molecule has 0 saturated carbocycles. The number of carbonyl (C=O) groups is 1. The number of anilines is 1. The number of rotatable bonds is 4. The third kappa shape index (κ3) is 3.72. The van der Waals surface area contributed by atoms with Crippen LogP contribution >= 0.6 is 0 Å². The number of likely N-dealkylation sites (tertiary alicyclic amines) is 1. The molecule has 30 heavy (non-hydrogen) atoms. The van der Waals surface area contributed by atoms with Gasteiger partial charge in [-0.05, 0) is 44.0 Å². The van der Waals surface area contributed by atoms with Gasteiger partial charge in [-0.25, -0.2) is 0 Å². The lowest BCUT2D eigenvalue weighted by Crippen LogP contribution is -2.45. The van der Waals surface area contributed by atoms with E-state index in [4.69, 9.17) is 13.9 Å². The van der Waals surface area contributed by atoms with Crippen LogP contribution in [0, 0.1) is 6.92 Å². The molecule has 2 aromatic heterocycles. The van der Waals surface area contributed by atoms with Gasteiger partial charge in [0.25, 0.3) is 5.91 Å². The number of benzene rings is 1. The lowest BCUT2D eigenvalue weighted by Gasteiger charge is -2.33. The van der Waals surface area contributed by atoms with Gasteiger partial charge >= 0.3 is 0 Å². The first kappa shape index (κ1) is 18.6. The van der Waals surface area contributed by atoms with Gasteiger partial charge < -0.3 is 24.1 Å². The molecule has 1 amide bonds. The SMILES string of the molecule is Cc1ccc(-c2cc(C(=O)N3CCC[C@@H](Nc4ccc5c(c4)OCCO5)C3)n[nH]2)o1. The fraction of sp³-hybridized carbons (Fsp3) is 0.364. The predicted molar refractivity (Wildman–Crippen MR) is 111 cm³/mol. The molecular weight excluding hydrogens is 384 g/mol. The Morgan fingerprint density at radius 3 is 2.87 bits per heavy atom. The summed E-state index contributed by atoms with van der Waals surface area (Å²) in [6.07, 6.45) is 1.93. The fourth-order valence-corrected chi connectivity index (χ4v) is 3.95. The van der Waals surface area contributed by atoms with Gasteiger partial charge in [0.05, 0.1) is 0 Å². The highest BCUT2D eigenvalue weighted by Crippen LogP contribution is 2.33. The summed E-state index contributed by atoms with van der Waals surface area (Å²) in [6.45, 7) is 4.36. The smallest absolute Gasteiger partial charge is 0.274 e. The van der Waals surface area contributed by atoms with Crippen LogP contribution in [0.4, 0.5) is 5.69 Å². The Bertz CT molecular complexity index is 1060. The number of aromatic nitrogens is 2. The van der Waals surface area contributed by atoms with Gasteiger partial charge in [0.2, 0.25) is 0 Å². The Labute approximate surface area is 174 Å². The molecule has 1 saturated heterocycles. The first-order valence-electron chi connectivity index (χ1n) is 10.2. The molecule has 5 rings (SSSR count). The van der Waals surface area contributed by atoms with E-state index in [1.165, 1.54) is 0 Å². The van der Waals surface area contributed by atoms with E-state index in [-0.39, 0.29) is 11.9 Å². The van der Waals surface area contributed by atoms with Gasteiger partial charge in [-0.15, -0.1) is 0 Å². The van der Waals surface area contributed by atoms with Crippen molar-refractivity contribution in [3.05, 3.63) is 47.9 Å². The third-order valence-corrected chi connectivity index (χ3v) is 5.42. The van der Waals surface area contributed by atoms with E-state index in [0.717, 1.165) is 42.3 Å². The molecule has 2 aliphatic heterocycles. The second kappa shape index (κ2) is 7.78. The Morgan fingerprint density at radius 1 is 1.17 bits per heavy atom. The number of amides is 1. The van der Waals surface area contributed by atoms with Gasteiger partial charge in [-0.1, -0.05) is 0 Å².